The van der Waals surface area contributed by atoms with Gasteiger partial charge in [-0.15, -0.1) is 0 Å². The van der Waals surface area contributed by atoms with E-state index in [1.165, 1.54) is 7.11 Å². The summed E-state index contributed by atoms with van der Waals surface area (Å²) >= 11 is 0. The lowest BCUT2D eigenvalue weighted by atomic mass is 10.1. The van der Waals surface area contributed by atoms with Crippen LogP contribution in [0.1, 0.15) is 18.4 Å². The Morgan fingerprint density at radius 3 is 2.57 bits per heavy atom. The van der Waals surface area contributed by atoms with Gasteiger partial charge >= 0.3 is 5.97 Å². The highest BCUT2D eigenvalue weighted by atomic mass is 32.2. The predicted molar refractivity (Wildman–Crippen MR) is 79.2 cm³/mol. The molecule has 1 rings (SSSR count). The lowest BCUT2D eigenvalue weighted by Gasteiger charge is -2.16. The molecular formula is C14H21NO5S. The van der Waals surface area contributed by atoms with Crippen LogP contribution in [0.2, 0.25) is 0 Å². The lowest BCUT2D eigenvalue weighted by Crippen LogP contribution is -2.40. The number of benzene rings is 1. The molecule has 0 saturated heterocycles. The van der Waals surface area contributed by atoms with Crippen molar-refractivity contribution in [1.29, 1.82) is 0 Å². The van der Waals surface area contributed by atoms with Crippen LogP contribution in [0.5, 0.6) is 0 Å². The van der Waals surface area contributed by atoms with Gasteiger partial charge in [-0.3, -0.25) is 4.79 Å². The Hall–Kier alpha value is -1.44. The normalized spacial score (nSPS) is 12.9. The van der Waals surface area contributed by atoms with Gasteiger partial charge in [0, 0.05) is 12.5 Å². The number of hydrogen-bond donors (Lipinski definition) is 2. The average molecular weight is 315 g/mol. The number of rotatable bonds is 9. The molecule has 0 heterocycles. The summed E-state index contributed by atoms with van der Waals surface area (Å²) in [7, 11) is -2.27. The van der Waals surface area contributed by atoms with Crippen LogP contribution in [-0.2, 0) is 26.0 Å². The predicted octanol–water partition coefficient (Wildman–Crippen LogP) is 0.463. The second-order valence-electron chi connectivity index (χ2n) is 4.69. The van der Waals surface area contributed by atoms with E-state index in [-0.39, 0.29) is 25.2 Å². The Labute approximate surface area is 125 Å². The van der Waals surface area contributed by atoms with Crippen molar-refractivity contribution in [3.05, 3.63) is 35.9 Å². The number of methoxy groups -OCH3 is 1. The highest BCUT2D eigenvalue weighted by Gasteiger charge is 2.18. The molecule has 0 unspecified atom stereocenters. The van der Waals surface area contributed by atoms with E-state index < -0.39 is 22.0 Å². The number of carbonyl (C=O) groups is 1. The second kappa shape index (κ2) is 8.76. The molecule has 1 aromatic rings. The first-order valence-electron chi connectivity index (χ1n) is 6.68. The van der Waals surface area contributed by atoms with Gasteiger partial charge in [-0.2, -0.15) is 0 Å². The second-order valence-corrected chi connectivity index (χ2v) is 6.56. The summed E-state index contributed by atoms with van der Waals surface area (Å²) in [5, 5.41) is 9.30. The summed E-state index contributed by atoms with van der Waals surface area (Å²) in [4.78, 5) is 10.9. The van der Waals surface area contributed by atoms with Crippen LogP contribution >= 0.6 is 0 Å². The highest BCUT2D eigenvalue weighted by Crippen LogP contribution is 2.05. The van der Waals surface area contributed by atoms with Gasteiger partial charge < -0.3 is 9.84 Å². The molecule has 0 aliphatic rings. The third kappa shape index (κ3) is 7.22. The number of ether oxygens (including phenoxy) is 1. The number of hydrogen-bond acceptors (Lipinski definition) is 5. The first-order chi connectivity index (χ1) is 9.96. The zero-order valence-corrected chi connectivity index (χ0v) is 12.8. The molecule has 7 heteroatoms. The molecule has 0 aromatic heterocycles. The number of aliphatic hydroxyl groups excluding tert-OH is 1. The fraction of sp³-hybridized carbons (Fsp3) is 0.500. The molecule has 0 saturated carbocycles. The lowest BCUT2D eigenvalue weighted by molar-refractivity contribution is -0.140. The molecule has 6 nitrogen and oxygen atoms in total. The molecule has 0 amide bonds. The van der Waals surface area contributed by atoms with Gasteiger partial charge in [-0.05, 0) is 18.4 Å². The van der Waals surface area contributed by atoms with E-state index in [0.717, 1.165) is 5.56 Å². The molecule has 118 valence electrons. The minimum Gasteiger partial charge on any atom is -0.469 e. The molecule has 0 radical (unpaired) electrons. The van der Waals surface area contributed by atoms with E-state index in [1.54, 1.807) is 0 Å². The summed E-state index contributed by atoms with van der Waals surface area (Å²) in [6, 6.07) is 8.75. The zero-order valence-electron chi connectivity index (χ0n) is 12.0. The molecule has 0 fully saturated rings. The van der Waals surface area contributed by atoms with Gasteiger partial charge in [0.15, 0.2) is 0 Å². The molecule has 1 aromatic carbocycles. The van der Waals surface area contributed by atoms with E-state index in [0.29, 0.717) is 6.42 Å². The Kier molecular flexibility index (Phi) is 7.35. The van der Waals surface area contributed by atoms with Crippen LogP contribution in [-0.4, -0.2) is 45.0 Å². The number of aliphatic hydroxyl groups is 1. The molecule has 0 bridgehead atoms. The quantitative estimate of drug-likeness (QED) is 0.646. The number of nitrogens with one attached hydrogen (secondary N) is 1. The van der Waals surface area contributed by atoms with Crippen LogP contribution in [0.3, 0.4) is 0 Å². The van der Waals surface area contributed by atoms with Crippen LogP contribution in [0.25, 0.3) is 0 Å². The van der Waals surface area contributed by atoms with Crippen molar-refractivity contribution >= 4 is 16.0 Å². The third-order valence-corrected chi connectivity index (χ3v) is 4.43. The van der Waals surface area contributed by atoms with E-state index >= 15 is 0 Å². The minimum absolute atomic E-state index is 0.0554. The van der Waals surface area contributed by atoms with E-state index in [1.807, 2.05) is 30.3 Å². The van der Waals surface area contributed by atoms with Crippen molar-refractivity contribution in [2.45, 2.75) is 25.3 Å². The van der Waals surface area contributed by atoms with Gasteiger partial charge in [0.05, 0.1) is 19.5 Å². The zero-order chi connectivity index (χ0) is 15.7. The Balaban J connectivity index is 2.49. The first kappa shape index (κ1) is 17.6. The van der Waals surface area contributed by atoms with Crippen molar-refractivity contribution < 1.29 is 23.1 Å². The van der Waals surface area contributed by atoms with Crippen molar-refractivity contribution in [2.75, 3.05) is 19.5 Å². The average Bonchev–Trinajstić information content (AvgIpc) is 2.47. The fourth-order valence-corrected chi connectivity index (χ4v) is 3.17. The highest BCUT2D eigenvalue weighted by molar-refractivity contribution is 7.89. The molecule has 21 heavy (non-hydrogen) atoms. The smallest absolute Gasteiger partial charge is 0.305 e. The summed E-state index contributed by atoms with van der Waals surface area (Å²) in [5.74, 6) is -0.610. The number of esters is 1. The molecule has 0 aliphatic heterocycles. The van der Waals surface area contributed by atoms with Crippen LogP contribution in [0.4, 0.5) is 0 Å². The summed E-state index contributed by atoms with van der Waals surface area (Å²) in [6.45, 7) is -0.287. The minimum atomic E-state index is -3.53. The van der Waals surface area contributed by atoms with Gasteiger partial charge in [-0.25, -0.2) is 13.1 Å². The molecule has 2 N–H and O–H groups in total. The first-order valence-corrected chi connectivity index (χ1v) is 8.33. The van der Waals surface area contributed by atoms with E-state index in [9.17, 15) is 18.3 Å². The van der Waals surface area contributed by atoms with Crippen LogP contribution in [0.15, 0.2) is 30.3 Å². The molecule has 1 atom stereocenters. The largest absolute Gasteiger partial charge is 0.469 e. The number of carbonyl (C=O) groups excluding carboxylic acids is 1. The van der Waals surface area contributed by atoms with E-state index in [2.05, 4.69) is 9.46 Å². The summed E-state index contributed by atoms with van der Waals surface area (Å²) in [5.41, 5.74) is 0.939. The Morgan fingerprint density at radius 1 is 1.33 bits per heavy atom. The van der Waals surface area contributed by atoms with Gasteiger partial charge in [0.2, 0.25) is 10.0 Å². The third-order valence-electron chi connectivity index (χ3n) is 2.91. The van der Waals surface area contributed by atoms with Gasteiger partial charge in [0.25, 0.3) is 0 Å². The molecular weight excluding hydrogens is 294 g/mol. The maximum atomic E-state index is 11.9. The van der Waals surface area contributed by atoms with Crippen LogP contribution in [0, 0.1) is 0 Å². The van der Waals surface area contributed by atoms with E-state index in [4.69, 9.17) is 0 Å². The molecule has 0 spiro atoms. The summed E-state index contributed by atoms with van der Waals surface area (Å²) < 4.78 is 30.7. The van der Waals surface area contributed by atoms with Crippen molar-refractivity contribution in [3.8, 4) is 0 Å². The number of sulfonamides is 1. The van der Waals surface area contributed by atoms with Crippen LogP contribution < -0.4 is 4.72 Å². The van der Waals surface area contributed by atoms with Gasteiger partial charge in [-0.1, -0.05) is 30.3 Å². The van der Waals surface area contributed by atoms with Crippen molar-refractivity contribution in [2.24, 2.45) is 0 Å². The van der Waals surface area contributed by atoms with Gasteiger partial charge in [0.1, 0.15) is 0 Å². The Morgan fingerprint density at radius 2 is 2.00 bits per heavy atom. The standard InChI is InChI=1S/C14H21NO5S/c1-20-14(17)8-5-9-21(18,19)15-13(11-16)10-12-6-3-2-4-7-12/h2-4,6-7,13,15-16H,5,8-11H2,1H3/t13-/m1/s1. The van der Waals surface area contributed by atoms with Crippen molar-refractivity contribution in [1.82, 2.24) is 4.72 Å². The fourth-order valence-electron chi connectivity index (χ4n) is 1.86. The Bertz CT molecular complexity index is 530. The SMILES string of the molecule is COC(=O)CCCS(=O)(=O)N[C@@H](CO)Cc1ccccc1. The topological polar surface area (TPSA) is 92.7 Å². The monoisotopic (exact) mass is 315 g/mol. The maximum Gasteiger partial charge on any atom is 0.305 e. The van der Waals surface area contributed by atoms with Crippen molar-refractivity contribution in [3.63, 3.8) is 0 Å². The summed E-state index contributed by atoms with van der Waals surface area (Å²) in [6.07, 6.45) is 0.652. The molecule has 0 aliphatic carbocycles. The maximum absolute atomic E-state index is 11.9.